The molecule has 2 aromatic rings. The summed E-state index contributed by atoms with van der Waals surface area (Å²) in [5.41, 5.74) is 2.31. The molecule has 25 heavy (non-hydrogen) atoms. The molecule has 0 fully saturated rings. The summed E-state index contributed by atoms with van der Waals surface area (Å²) < 4.78 is 28.4. The Morgan fingerprint density at radius 2 is 2.00 bits per heavy atom. The van der Waals surface area contributed by atoms with Gasteiger partial charge < -0.3 is 10.6 Å². The lowest BCUT2D eigenvalue weighted by molar-refractivity contribution is 0.0656. The maximum absolute atomic E-state index is 13.6. The number of nitrogens with one attached hydrogen (secondary N) is 2. The lowest BCUT2D eigenvalue weighted by Gasteiger charge is -2.32. The van der Waals surface area contributed by atoms with Crippen molar-refractivity contribution in [2.24, 2.45) is 0 Å². The van der Waals surface area contributed by atoms with Gasteiger partial charge in [-0.15, -0.1) is 0 Å². The monoisotopic (exact) mass is 348 g/mol. The summed E-state index contributed by atoms with van der Waals surface area (Å²) in [4.78, 5) is 12.4. The van der Waals surface area contributed by atoms with Crippen LogP contribution in [0.2, 0.25) is 0 Å². The van der Waals surface area contributed by atoms with Crippen LogP contribution in [-0.2, 0) is 0 Å². The fourth-order valence-electron chi connectivity index (χ4n) is 3.06. The molecule has 5 nitrogen and oxygen atoms in total. The molecule has 7 heteroatoms. The normalized spacial score (nSPS) is 19.6. The van der Waals surface area contributed by atoms with Crippen molar-refractivity contribution in [3.8, 4) is 0 Å². The van der Waals surface area contributed by atoms with Gasteiger partial charge >= 0.3 is 0 Å². The van der Waals surface area contributed by atoms with E-state index in [9.17, 15) is 13.6 Å². The molecule has 3 rings (SSSR count). The average molecular weight is 348 g/mol. The Hall–Kier alpha value is -2.44. The van der Waals surface area contributed by atoms with Crippen molar-refractivity contribution in [3.05, 3.63) is 47.2 Å². The van der Waals surface area contributed by atoms with E-state index in [-0.39, 0.29) is 30.0 Å². The van der Waals surface area contributed by atoms with Gasteiger partial charge in [-0.1, -0.05) is 29.8 Å². The van der Waals surface area contributed by atoms with Crippen LogP contribution in [0.25, 0.3) is 0 Å². The van der Waals surface area contributed by atoms with Crippen LogP contribution in [0.5, 0.6) is 0 Å². The number of aryl methyl sites for hydroxylation is 1. The number of carbonyl (C=O) groups is 1. The third-order valence-electron chi connectivity index (χ3n) is 4.33. The van der Waals surface area contributed by atoms with Gasteiger partial charge in [0.15, 0.2) is 0 Å². The van der Waals surface area contributed by atoms with Gasteiger partial charge in [0.2, 0.25) is 0 Å². The molecular weight excluding hydrogens is 326 g/mol. The molecule has 1 aromatic carbocycles. The highest BCUT2D eigenvalue weighted by Crippen LogP contribution is 2.39. The lowest BCUT2D eigenvalue weighted by atomic mass is 9.96. The Bertz CT molecular complexity index is 755. The Morgan fingerprint density at radius 1 is 1.32 bits per heavy atom. The summed E-state index contributed by atoms with van der Waals surface area (Å²) >= 11 is 0. The van der Waals surface area contributed by atoms with E-state index < -0.39 is 12.5 Å². The highest BCUT2D eigenvalue weighted by Gasteiger charge is 2.36. The Balaban J connectivity index is 1.96. The van der Waals surface area contributed by atoms with E-state index >= 15 is 0 Å². The number of carbonyl (C=O) groups excluding carboxylic acids is 1. The van der Waals surface area contributed by atoms with Crippen LogP contribution in [0.3, 0.4) is 0 Å². The molecule has 134 valence electrons. The van der Waals surface area contributed by atoms with Gasteiger partial charge in [0.1, 0.15) is 17.4 Å². The number of alkyl halides is 2. The predicted octanol–water partition coefficient (Wildman–Crippen LogP) is 3.69. The second kappa shape index (κ2) is 6.82. The van der Waals surface area contributed by atoms with Crippen LogP contribution >= 0.6 is 0 Å². The molecule has 0 saturated heterocycles. The number of rotatable bonds is 4. The molecule has 1 aliphatic rings. The standard InChI is InChI=1S/C18H22F2N4O/c1-10(2)22-18(25)13-9-21-24-15(16(19)20)8-14(23-17(13)24)12-6-4-11(3)5-7-12/h4-7,9-10,14-16,23H,8H2,1-3H3,(H,22,25)/t14-,15+/m1/s1. The molecule has 0 aliphatic carbocycles. The van der Waals surface area contributed by atoms with Crippen molar-refractivity contribution in [2.45, 2.75) is 51.7 Å². The second-order valence-electron chi connectivity index (χ2n) is 6.72. The van der Waals surface area contributed by atoms with Gasteiger partial charge in [0, 0.05) is 6.04 Å². The van der Waals surface area contributed by atoms with Gasteiger partial charge in [0.05, 0.1) is 12.2 Å². The van der Waals surface area contributed by atoms with Crippen molar-refractivity contribution >= 4 is 11.7 Å². The zero-order valence-electron chi connectivity index (χ0n) is 14.5. The van der Waals surface area contributed by atoms with Gasteiger partial charge in [-0.25, -0.2) is 13.5 Å². The lowest BCUT2D eigenvalue weighted by Crippen LogP contribution is -2.34. The number of aromatic nitrogens is 2. The first-order valence-corrected chi connectivity index (χ1v) is 8.36. The quantitative estimate of drug-likeness (QED) is 0.886. The van der Waals surface area contributed by atoms with Crippen molar-refractivity contribution in [1.82, 2.24) is 15.1 Å². The van der Waals surface area contributed by atoms with Crippen LogP contribution in [-0.4, -0.2) is 28.2 Å². The maximum Gasteiger partial charge on any atom is 0.260 e. The Labute approximate surface area is 145 Å². The van der Waals surface area contributed by atoms with E-state index in [1.807, 2.05) is 45.0 Å². The third-order valence-corrected chi connectivity index (χ3v) is 4.33. The molecule has 1 amide bonds. The van der Waals surface area contributed by atoms with Crippen molar-refractivity contribution < 1.29 is 13.6 Å². The third kappa shape index (κ3) is 3.50. The smallest absolute Gasteiger partial charge is 0.260 e. The van der Waals surface area contributed by atoms with Gasteiger partial charge in [0.25, 0.3) is 12.3 Å². The van der Waals surface area contributed by atoms with E-state index in [1.165, 1.54) is 10.9 Å². The zero-order valence-corrected chi connectivity index (χ0v) is 14.5. The van der Waals surface area contributed by atoms with Crippen molar-refractivity contribution in [1.29, 1.82) is 0 Å². The predicted molar refractivity (Wildman–Crippen MR) is 92.0 cm³/mol. The Kier molecular flexibility index (Phi) is 4.74. The van der Waals surface area contributed by atoms with E-state index in [1.54, 1.807) is 0 Å². The Morgan fingerprint density at radius 3 is 2.60 bits per heavy atom. The first kappa shape index (κ1) is 17.4. The van der Waals surface area contributed by atoms with Crippen LogP contribution in [0.4, 0.5) is 14.6 Å². The summed E-state index contributed by atoms with van der Waals surface area (Å²) in [6.07, 6.45) is -0.997. The van der Waals surface area contributed by atoms with E-state index in [0.717, 1.165) is 11.1 Å². The van der Waals surface area contributed by atoms with Gasteiger partial charge in [-0.3, -0.25) is 4.79 Å². The molecule has 2 N–H and O–H groups in total. The molecule has 0 unspecified atom stereocenters. The zero-order chi connectivity index (χ0) is 18.1. The number of anilines is 1. The number of hydrogen-bond donors (Lipinski definition) is 2. The van der Waals surface area contributed by atoms with Crippen LogP contribution in [0.1, 0.15) is 53.8 Å². The minimum Gasteiger partial charge on any atom is -0.363 e. The number of halogens is 2. The number of benzene rings is 1. The first-order valence-electron chi connectivity index (χ1n) is 8.36. The molecule has 0 radical (unpaired) electrons. The van der Waals surface area contributed by atoms with Crippen LogP contribution < -0.4 is 10.6 Å². The fourth-order valence-corrected chi connectivity index (χ4v) is 3.06. The minimum absolute atomic E-state index is 0.0505. The van der Waals surface area contributed by atoms with Crippen molar-refractivity contribution in [2.75, 3.05) is 5.32 Å². The van der Waals surface area contributed by atoms with E-state index in [4.69, 9.17) is 0 Å². The molecule has 1 aliphatic heterocycles. The van der Waals surface area contributed by atoms with Gasteiger partial charge in [-0.05, 0) is 32.8 Å². The molecule has 0 bridgehead atoms. The topological polar surface area (TPSA) is 59.0 Å². The largest absolute Gasteiger partial charge is 0.363 e. The van der Waals surface area contributed by atoms with Crippen LogP contribution in [0, 0.1) is 6.92 Å². The molecule has 2 heterocycles. The highest BCUT2D eigenvalue weighted by molar-refractivity contribution is 5.99. The summed E-state index contributed by atoms with van der Waals surface area (Å²) in [5.74, 6) is 0.0293. The number of amides is 1. The molecule has 2 atom stereocenters. The molecular formula is C18H22F2N4O. The summed E-state index contributed by atoms with van der Waals surface area (Å²) in [6.45, 7) is 5.67. The summed E-state index contributed by atoms with van der Waals surface area (Å²) in [7, 11) is 0. The van der Waals surface area contributed by atoms with E-state index in [2.05, 4.69) is 15.7 Å². The summed E-state index contributed by atoms with van der Waals surface area (Å²) in [5, 5.41) is 10.1. The first-order chi connectivity index (χ1) is 11.9. The average Bonchev–Trinajstić information content (AvgIpc) is 2.97. The number of nitrogens with zero attached hydrogens (tertiary/aromatic N) is 2. The maximum atomic E-state index is 13.6. The van der Waals surface area contributed by atoms with Crippen molar-refractivity contribution in [3.63, 3.8) is 0 Å². The number of hydrogen-bond acceptors (Lipinski definition) is 3. The number of fused-ring (bicyclic) bond motifs is 1. The van der Waals surface area contributed by atoms with Crippen LogP contribution in [0.15, 0.2) is 30.5 Å². The SMILES string of the molecule is Cc1ccc([C@H]2C[C@@H](C(F)F)n3ncc(C(=O)NC(C)C)c3N2)cc1. The summed E-state index contributed by atoms with van der Waals surface area (Å²) in [6, 6.07) is 6.34. The van der Waals surface area contributed by atoms with E-state index in [0.29, 0.717) is 5.82 Å². The highest BCUT2D eigenvalue weighted by atomic mass is 19.3. The van der Waals surface area contributed by atoms with Gasteiger partial charge in [-0.2, -0.15) is 5.10 Å². The molecule has 0 saturated carbocycles. The molecule has 1 aromatic heterocycles. The molecule has 0 spiro atoms. The second-order valence-corrected chi connectivity index (χ2v) is 6.72. The minimum atomic E-state index is -2.56. The fraction of sp³-hybridized carbons (Fsp3) is 0.444.